The van der Waals surface area contributed by atoms with E-state index in [9.17, 15) is 9.90 Å². The van der Waals surface area contributed by atoms with Gasteiger partial charge in [0.05, 0.1) is 11.6 Å². The average molecular weight is 398 g/mol. The standard InChI is InChI=1S/C21H20ClN3O3/c22-18-4-2-1-3-17(18)21-23-19(28-24-21)13-25-11-9-15(10-12-25)20(27)14-5-7-16(26)8-6-14/h1-8,15,26H,9-13H2. The van der Waals surface area contributed by atoms with E-state index in [1.54, 1.807) is 30.3 Å². The van der Waals surface area contributed by atoms with Gasteiger partial charge in [0.25, 0.3) is 0 Å². The number of hydrogen-bond acceptors (Lipinski definition) is 6. The van der Waals surface area contributed by atoms with Gasteiger partial charge in [-0.05, 0) is 62.3 Å². The van der Waals surface area contributed by atoms with Crippen molar-refractivity contribution in [2.75, 3.05) is 13.1 Å². The first kappa shape index (κ1) is 18.7. The van der Waals surface area contributed by atoms with Gasteiger partial charge in [-0.2, -0.15) is 4.98 Å². The van der Waals surface area contributed by atoms with E-state index in [0.717, 1.165) is 31.5 Å². The highest BCUT2D eigenvalue weighted by molar-refractivity contribution is 6.33. The van der Waals surface area contributed by atoms with Gasteiger partial charge in [-0.25, -0.2) is 0 Å². The molecule has 0 aliphatic carbocycles. The molecule has 4 rings (SSSR count). The van der Waals surface area contributed by atoms with Crippen LogP contribution in [0.25, 0.3) is 11.4 Å². The molecule has 0 atom stereocenters. The van der Waals surface area contributed by atoms with Crippen molar-refractivity contribution in [1.82, 2.24) is 15.0 Å². The molecule has 144 valence electrons. The highest BCUT2D eigenvalue weighted by Gasteiger charge is 2.26. The number of aromatic hydroxyl groups is 1. The molecule has 3 aromatic rings. The van der Waals surface area contributed by atoms with Crippen LogP contribution in [-0.2, 0) is 6.54 Å². The molecule has 0 bridgehead atoms. The second-order valence-electron chi connectivity index (χ2n) is 6.95. The summed E-state index contributed by atoms with van der Waals surface area (Å²) in [6, 6.07) is 13.9. The zero-order valence-corrected chi connectivity index (χ0v) is 16.0. The molecule has 1 aromatic heterocycles. The van der Waals surface area contributed by atoms with Crippen molar-refractivity contribution in [3.05, 3.63) is 65.0 Å². The van der Waals surface area contributed by atoms with Crippen LogP contribution in [0.5, 0.6) is 5.75 Å². The number of likely N-dealkylation sites (tertiary alicyclic amines) is 1. The molecule has 1 saturated heterocycles. The summed E-state index contributed by atoms with van der Waals surface area (Å²) >= 11 is 6.19. The maximum absolute atomic E-state index is 12.6. The maximum atomic E-state index is 12.6. The van der Waals surface area contributed by atoms with Crippen LogP contribution in [0.4, 0.5) is 0 Å². The number of carbonyl (C=O) groups is 1. The van der Waals surface area contributed by atoms with Crippen molar-refractivity contribution in [1.29, 1.82) is 0 Å². The molecule has 0 saturated carbocycles. The van der Waals surface area contributed by atoms with Crippen LogP contribution in [0.2, 0.25) is 5.02 Å². The summed E-state index contributed by atoms with van der Waals surface area (Å²) in [5.74, 6) is 1.33. The lowest BCUT2D eigenvalue weighted by Gasteiger charge is -2.30. The Morgan fingerprint density at radius 3 is 2.57 bits per heavy atom. The van der Waals surface area contributed by atoms with Gasteiger partial charge in [0.2, 0.25) is 11.7 Å². The molecular weight excluding hydrogens is 378 g/mol. The van der Waals surface area contributed by atoms with E-state index in [1.165, 1.54) is 0 Å². The summed E-state index contributed by atoms with van der Waals surface area (Å²) in [5.41, 5.74) is 1.40. The van der Waals surface area contributed by atoms with Gasteiger partial charge in [0, 0.05) is 17.0 Å². The first-order valence-electron chi connectivity index (χ1n) is 9.23. The summed E-state index contributed by atoms with van der Waals surface area (Å²) < 4.78 is 5.38. The average Bonchev–Trinajstić information content (AvgIpc) is 3.17. The fourth-order valence-electron chi connectivity index (χ4n) is 3.48. The summed E-state index contributed by atoms with van der Waals surface area (Å²) in [5, 5.41) is 14.0. The number of ketones is 1. The Morgan fingerprint density at radius 1 is 1.14 bits per heavy atom. The summed E-state index contributed by atoms with van der Waals surface area (Å²) in [6.45, 7) is 2.13. The Balaban J connectivity index is 1.34. The molecule has 1 N–H and O–H groups in total. The van der Waals surface area contributed by atoms with Gasteiger partial charge in [-0.3, -0.25) is 9.69 Å². The number of phenolic OH excluding ortho intramolecular Hbond substituents is 1. The molecule has 6 nitrogen and oxygen atoms in total. The van der Waals surface area contributed by atoms with Crippen LogP contribution < -0.4 is 0 Å². The fourth-order valence-corrected chi connectivity index (χ4v) is 3.70. The zero-order valence-electron chi connectivity index (χ0n) is 15.2. The van der Waals surface area contributed by atoms with E-state index in [2.05, 4.69) is 15.0 Å². The van der Waals surface area contributed by atoms with Gasteiger partial charge in [0.1, 0.15) is 5.75 Å². The smallest absolute Gasteiger partial charge is 0.241 e. The number of benzene rings is 2. The normalized spacial score (nSPS) is 15.6. The van der Waals surface area contributed by atoms with E-state index in [4.69, 9.17) is 16.1 Å². The van der Waals surface area contributed by atoms with Crippen molar-refractivity contribution >= 4 is 17.4 Å². The highest BCUT2D eigenvalue weighted by atomic mass is 35.5. The first-order chi connectivity index (χ1) is 13.6. The molecule has 0 radical (unpaired) electrons. The molecular formula is C21H20ClN3O3. The molecule has 1 fully saturated rings. The molecule has 1 aliphatic rings. The van der Waals surface area contributed by atoms with Crippen LogP contribution in [0.1, 0.15) is 29.1 Å². The summed E-state index contributed by atoms with van der Waals surface area (Å²) in [6.07, 6.45) is 1.57. The second-order valence-corrected chi connectivity index (χ2v) is 7.36. The Labute approximate surface area is 167 Å². The van der Waals surface area contributed by atoms with Crippen LogP contribution in [-0.4, -0.2) is 39.0 Å². The van der Waals surface area contributed by atoms with Crippen molar-refractivity contribution in [3.8, 4) is 17.1 Å². The lowest BCUT2D eigenvalue weighted by atomic mass is 9.89. The van der Waals surface area contributed by atoms with E-state index >= 15 is 0 Å². The summed E-state index contributed by atoms with van der Waals surface area (Å²) in [7, 11) is 0. The Bertz CT molecular complexity index is 963. The Hall–Kier alpha value is -2.70. The number of rotatable bonds is 5. The molecule has 0 unspecified atom stereocenters. The Morgan fingerprint density at radius 2 is 1.86 bits per heavy atom. The van der Waals surface area contributed by atoms with E-state index in [-0.39, 0.29) is 17.5 Å². The number of nitrogens with zero attached hydrogens (tertiary/aromatic N) is 3. The third kappa shape index (κ3) is 4.08. The van der Waals surface area contributed by atoms with Crippen LogP contribution in [0, 0.1) is 5.92 Å². The predicted octanol–water partition coefficient (Wildman–Crippen LogP) is 4.19. The molecule has 0 spiro atoms. The number of phenols is 1. The second kappa shape index (κ2) is 8.12. The first-order valence-corrected chi connectivity index (χ1v) is 9.61. The number of carbonyl (C=O) groups excluding carboxylic acids is 1. The third-order valence-electron chi connectivity index (χ3n) is 5.05. The van der Waals surface area contributed by atoms with E-state index in [1.807, 2.05) is 18.2 Å². The van der Waals surface area contributed by atoms with Gasteiger partial charge < -0.3 is 9.63 Å². The van der Waals surface area contributed by atoms with Gasteiger partial charge in [-0.15, -0.1) is 0 Å². The molecule has 7 heteroatoms. The van der Waals surface area contributed by atoms with Crippen molar-refractivity contribution in [2.24, 2.45) is 5.92 Å². The van der Waals surface area contributed by atoms with E-state index < -0.39 is 0 Å². The number of aromatic nitrogens is 2. The Kier molecular flexibility index (Phi) is 5.41. The summed E-state index contributed by atoms with van der Waals surface area (Å²) in [4.78, 5) is 19.3. The monoisotopic (exact) mass is 397 g/mol. The van der Waals surface area contributed by atoms with Gasteiger partial charge in [-0.1, -0.05) is 28.9 Å². The quantitative estimate of drug-likeness (QED) is 0.650. The topological polar surface area (TPSA) is 79.5 Å². The number of hydrogen-bond donors (Lipinski definition) is 1. The maximum Gasteiger partial charge on any atom is 0.241 e. The largest absolute Gasteiger partial charge is 0.508 e. The highest BCUT2D eigenvalue weighted by Crippen LogP contribution is 2.26. The van der Waals surface area contributed by atoms with Crippen molar-refractivity contribution < 1.29 is 14.4 Å². The molecule has 0 amide bonds. The number of halogens is 1. The lowest BCUT2D eigenvalue weighted by molar-refractivity contribution is 0.0825. The SMILES string of the molecule is O=C(c1ccc(O)cc1)C1CCN(Cc2nc(-c3ccccc3Cl)no2)CC1. The fraction of sp³-hybridized carbons (Fsp3) is 0.286. The predicted molar refractivity (Wildman–Crippen MR) is 105 cm³/mol. The zero-order chi connectivity index (χ0) is 19.5. The molecule has 2 aromatic carbocycles. The third-order valence-corrected chi connectivity index (χ3v) is 5.38. The minimum Gasteiger partial charge on any atom is -0.508 e. The van der Waals surface area contributed by atoms with Gasteiger partial charge >= 0.3 is 0 Å². The van der Waals surface area contributed by atoms with Crippen molar-refractivity contribution in [2.45, 2.75) is 19.4 Å². The van der Waals surface area contributed by atoms with Gasteiger partial charge in [0.15, 0.2) is 5.78 Å². The van der Waals surface area contributed by atoms with Crippen molar-refractivity contribution in [3.63, 3.8) is 0 Å². The minimum absolute atomic E-state index is 0.00200. The van der Waals surface area contributed by atoms with Crippen LogP contribution >= 0.6 is 11.6 Å². The number of piperidine rings is 1. The van der Waals surface area contributed by atoms with Crippen LogP contribution in [0.3, 0.4) is 0 Å². The van der Waals surface area contributed by atoms with Crippen LogP contribution in [0.15, 0.2) is 53.1 Å². The molecule has 28 heavy (non-hydrogen) atoms. The molecule has 2 heterocycles. The number of Topliss-reactive ketones (excluding diaryl/α,β-unsaturated/α-hetero) is 1. The van der Waals surface area contributed by atoms with E-state index in [0.29, 0.717) is 28.8 Å². The minimum atomic E-state index is 0.00200. The molecule has 1 aliphatic heterocycles. The lowest BCUT2D eigenvalue weighted by Crippen LogP contribution is -2.36.